The minimum absolute atomic E-state index is 0.467. The zero-order valence-electron chi connectivity index (χ0n) is 14.6. The van der Waals surface area contributed by atoms with Crippen molar-refractivity contribution >= 4 is 17.6 Å². The van der Waals surface area contributed by atoms with Crippen LogP contribution in [0, 0.1) is 0 Å². The molecular formula is C18H22N6O2. The Morgan fingerprint density at radius 2 is 2.04 bits per heavy atom. The highest BCUT2D eigenvalue weighted by Gasteiger charge is 2.08. The Kier molecular flexibility index (Phi) is 5.33. The molecule has 136 valence electrons. The number of nitrogens with zero attached hydrogens (tertiary/aromatic N) is 4. The van der Waals surface area contributed by atoms with Gasteiger partial charge in [0.2, 0.25) is 0 Å². The van der Waals surface area contributed by atoms with E-state index in [-0.39, 0.29) is 0 Å². The summed E-state index contributed by atoms with van der Waals surface area (Å²) in [6.07, 6.45) is 1.57. The molecule has 0 atom stereocenters. The number of rotatable bonds is 7. The molecular weight excluding hydrogens is 332 g/mol. The number of amides is 1. The van der Waals surface area contributed by atoms with Crippen LogP contribution < -0.4 is 11.1 Å². The number of hydrogen-bond donors (Lipinski definition) is 3. The van der Waals surface area contributed by atoms with E-state index >= 15 is 0 Å². The lowest BCUT2D eigenvalue weighted by Crippen LogP contribution is -2.27. The number of imidazole rings is 1. The van der Waals surface area contributed by atoms with E-state index in [1.165, 1.54) is 4.90 Å². The van der Waals surface area contributed by atoms with E-state index in [2.05, 4.69) is 15.4 Å². The van der Waals surface area contributed by atoms with E-state index < -0.39 is 6.09 Å². The molecule has 26 heavy (non-hydrogen) atoms. The van der Waals surface area contributed by atoms with E-state index in [4.69, 9.17) is 10.8 Å². The van der Waals surface area contributed by atoms with Crippen LogP contribution in [0.5, 0.6) is 0 Å². The van der Waals surface area contributed by atoms with E-state index in [0.717, 1.165) is 22.5 Å². The van der Waals surface area contributed by atoms with E-state index in [1.54, 1.807) is 17.8 Å². The van der Waals surface area contributed by atoms with E-state index in [9.17, 15) is 4.79 Å². The first-order valence-corrected chi connectivity index (χ1v) is 8.40. The van der Waals surface area contributed by atoms with Gasteiger partial charge in [0, 0.05) is 32.2 Å². The fourth-order valence-corrected chi connectivity index (χ4v) is 2.60. The molecule has 4 N–H and O–H groups in total. The van der Waals surface area contributed by atoms with Gasteiger partial charge >= 0.3 is 6.09 Å². The molecule has 0 bridgehead atoms. The highest BCUT2D eigenvalue weighted by atomic mass is 16.4. The van der Waals surface area contributed by atoms with Crippen molar-refractivity contribution in [3.8, 4) is 11.3 Å². The Morgan fingerprint density at radius 3 is 2.73 bits per heavy atom. The second kappa shape index (κ2) is 7.83. The molecule has 0 saturated carbocycles. The van der Waals surface area contributed by atoms with Gasteiger partial charge in [-0.05, 0) is 24.1 Å². The van der Waals surface area contributed by atoms with E-state index in [0.29, 0.717) is 31.9 Å². The van der Waals surface area contributed by atoms with Gasteiger partial charge in [0.15, 0.2) is 5.65 Å². The lowest BCUT2D eigenvalue weighted by Gasteiger charge is -2.13. The van der Waals surface area contributed by atoms with Crippen molar-refractivity contribution in [2.24, 2.45) is 5.73 Å². The molecule has 0 saturated heterocycles. The number of fused-ring (bicyclic) bond motifs is 1. The predicted molar refractivity (Wildman–Crippen MR) is 100 cm³/mol. The van der Waals surface area contributed by atoms with Gasteiger partial charge in [0.05, 0.1) is 11.9 Å². The summed E-state index contributed by atoms with van der Waals surface area (Å²) < 4.78 is 1.79. The predicted octanol–water partition coefficient (Wildman–Crippen LogP) is 2.27. The molecule has 0 aliphatic carbocycles. The number of nitrogens with one attached hydrogen (secondary N) is 1. The maximum atomic E-state index is 10.8. The third-order valence-electron chi connectivity index (χ3n) is 4.15. The summed E-state index contributed by atoms with van der Waals surface area (Å²) in [5, 5.41) is 16.7. The zero-order chi connectivity index (χ0) is 18.5. The average Bonchev–Trinajstić information content (AvgIpc) is 3.08. The van der Waals surface area contributed by atoms with Crippen molar-refractivity contribution in [2.75, 3.05) is 25.5 Å². The minimum Gasteiger partial charge on any atom is -0.465 e. The lowest BCUT2D eigenvalue weighted by atomic mass is 10.1. The molecule has 2 aromatic heterocycles. The molecule has 2 heterocycles. The van der Waals surface area contributed by atoms with Crippen LogP contribution >= 0.6 is 0 Å². The monoisotopic (exact) mass is 354 g/mol. The number of aromatic nitrogens is 3. The molecule has 1 amide bonds. The number of nitrogens with two attached hydrogens (primary N) is 1. The Labute approximate surface area is 151 Å². The third-order valence-corrected chi connectivity index (χ3v) is 4.15. The topological polar surface area (TPSA) is 109 Å². The van der Waals surface area contributed by atoms with Gasteiger partial charge in [-0.1, -0.05) is 24.3 Å². The summed E-state index contributed by atoms with van der Waals surface area (Å²) in [4.78, 5) is 16.4. The van der Waals surface area contributed by atoms with Crippen LogP contribution in [0.15, 0.2) is 42.6 Å². The number of carbonyl (C=O) groups is 1. The SMILES string of the molecule is CN(CCCNc1ccc2ncc(-c3ccc(CN)cc3)n2n1)C(=O)O. The normalized spacial score (nSPS) is 10.8. The highest BCUT2D eigenvalue weighted by Crippen LogP contribution is 2.21. The fraction of sp³-hybridized carbons (Fsp3) is 0.278. The van der Waals surface area contributed by atoms with Crippen LogP contribution in [0.4, 0.5) is 10.6 Å². The summed E-state index contributed by atoms with van der Waals surface area (Å²) in [5.74, 6) is 0.716. The smallest absolute Gasteiger partial charge is 0.407 e. The summed E-state index contributed by atoms with van der Waals surface area (Å²) >= 11 is 0. The van der Waals surface area contributed by atoms with Gasteiger partial charge in [-0.3, -0.25) is 0 Å². The van der Waals surface area contributed by atoms with Gasteiger partial charge in [-0.15, -0.1) is 5.10 Å². The van der Waals surface area contributed by atoms with Crippen LogP contribution in [0.1, 0.15) is 12.0 Å². The minimum atomic E-state index is -0.923. The number of hydrogen-bond acceptors (Lipinski definition) is 5. The molecule has 3 rings (SSSR count). The molecule has 0 radical (unpaired) electrons. The van der Waals surface area contributed by atoms with E-state index in [1.807, 2.05) is 36.4 Å². The van der Waals surface area contributed by atoms with Crippen molar-refractivity contribution in [3.63, 3.8) is 0 Å². The van der Waals surface area contributed by atoms with Crippen molar-refractivity contribution in [1.82, 2.24) is 19.5 Å². The first kappa shape index (κ1) is 17.7. The quantitative estimate of drug-likeness (QED) is 0.562. The van der Waals surface area contributed by atoms with Crippen molar-refractivity contribution < 1.29 is 9.90 Å². The van der Waals surface area contributed by atoms with Crippen LogP contribution in [0.2, 0.25) is 0 Å². The molecule has 3 aromatic rings. The molecule has 0 fully saturated rings. The fourth-order valence-electron chi connectivity index (χ4n) is 2.60. The second-order valence-corrected chi connectivity index (χ2v) is 6.02. The molecule has 0 aliphatic rings. The summed E-state index contributed by atoms with van der Waals surface area (Å²) in [7, 11) is 1.56. The third kappa shape index (κ3) is 3.92. The Morgan fingerprint density at radius 1 is 1.27 bits per heavy atom. The summed E-state index contributed by atoms with van der Waals surface area (Å²) in [6, 6.07) is 11.8. The molecule has 0 unspecified atom stereocenters. The second-order valence-electron chi connectivity index (χ2n) is 6.02. The van der Waals surface area contributed by atoms with Crippen LogP contribution in [0.25, 0.3) is 16.9 Å². The Hall–Kier alpha value is -3.13. The number of carboxylic acid groups (broad SMARTS) is 1. The van der Waals surface area contributed by atoms with Crippen molar-refractivity contribution in [3.05, 3.63) is 48.2 Å². The first-order valence-electron chi connectivity index (χ1n) is 8.40. The van der Waals surface area contributed by atoms with Crippen molar-refractivity contribution in [1.29, 1.82) is 0 Å². The van der Waals surface area contributed by atoms with Crippen LogP contribution in [-0.4, -0.2) is 50.8 Å². The molecule has 1 aromatic carbocycles. The molecule has 0 aliphatic heterocycles. The van der Waals surface area contributed by atoms with Crippen LogP contribution in [-0.2, 0) is 6.54 Å². The molecule has 8 heteroatoms. The Bertz CT molecular complexity index is 890. The lowest BCUT2D eigenvalue weighted by molar-refractivity contribution is 0.156. The maximum Gasteiger partial charge on any atom is 0.407 e. The average molecular weight is 354 g/mol. The highest BCUT2D eigenvalue weighted by molar-refractivity contribution is 5.64. The number of anilines is 1. The van der Waals surface area contributed by atoms with Gasteiger partial charge in [-0.25, -0.2) is 14.3 Å². The largest absolute Gasteiger partial charge is 0.465 e. The van der Waals surface area contributed by atoms with Gasteiger partial charge in [-0.2, -0.15) is 0 Å². The van der Waals surface area contributed by atoms with Crippen LogP contribution in [0.3, 0.4) is 0 Å². The molecule has 8 nitrogen and oxygen atoms in total. The number of benzene rings is 1. The van der Waals surface area contributed by atoms with Gasteiger partial charge in [0.1, 0.15) is 5.82 Å². The zero-order valence-corrected chi connectivity index (χ0v) is 14.6. The molecule has 0 spiro atoms. The standard InChI is InChI=1S/C18H22N6O2/c1-23(18(25)26)10-2-9-20-16-7-8-17-21-12-15(24(17)22-16)14-5-3-13(11-19)4-6-14/h3-8,12H,2,9-11,19H2,1H3,(H,20,22)(H,25,26). The summed E-state index contributed by atoms with van der Waals surface area (Å²) in [6.45, 7) is 1.61. The van der Waals surface area contributed by atoms with Gasteiger partial charge < -0.3 is 21.1 Å². The van der Waals surface area contributed by atoms with Gasteiger partial charge in [0.25, 0.3) is 0 Å². The Balaban J connectivity index is 1.72. The maximum absolute atomic E-state index is 10.8. The van der Waals surface area contributed by atoms with Crippen molar-refractivity contribution in [2.45, 2.75) is 13.0 Å². The summed E-state index contributed by atoms with van der Waals surface area (Å²) in [5.41, 5.74) is 9.40. The first-order chi connectivity index (χ1) is 12.6.